The van der Waals surface area contributed by atoms with Crippen LogP contribution in [0.15, 0.2) is 24.3 Å². The lowest BCUT2D eigenvalue weighted by molar-refractivity contribution is 0.0933. The van der Waals surface area contributed by atoms with E-state index in [1.807, 2.05) is 12.1 Å². The molecule has 23 heavy (non-hydrogen) atoms. The van der Waals surface area contributed by atoms with Gasteiger partial charge >= 0.3 is 0 Å². The molecule has 1 aromatic rings. The summed E-state index contributed by atoms with van der Waals surface area (Å²) in [4.78, 5) is 14.7. The molecule has 0 saturated carbocycles. The Balaban J connectivity index is 1.82. The highest BCUT2D eigenvalue weighted by molar-refractivity contribution is 5.94. The van der Waals surface area contributed by atoms with Crippen molar-refractivity contribution in [1.29, 1.82) is 0 Å². The molecule has 1 fully saturated rings. The highest BCUT2D eigenvalue weighted by Gasteiger charge is 2.24. The predicted molar refractivity (Wildman–Crippen MR) is 93.8 cm³/mol. The van der Waals surface area contributed by atoms with E-state index in [0.717, 1.165) is 44.6 Å². The topological polar surface area (TPSA) is 41.6 Å². The van der Waals surface area contributed by atoms with Crippen LogP contribution in [-0.4, -0.2) is 50.2 Å². The summed E-state index contributed by atoms with van der Waals surface area (Å²) in [6.45, 7) is 7.93. The van der Waals surface area contributed by atoms with Gasteiger partial charge in [0.15, 0.2) is 0 Å². The van der Waals surface area contributed by atoms with Gasteiger partial charge in [0.25, 0.3) is 5.91 Å². The Labute approximate surface area is 140 Å². The summed E-state index contributed by atoms with van der Waals surface area (Å²) in [5, 5.41) is 3.09. The van der Waals surface area contributed by atoms with E-state index in [-0.39, 0.29) is 5.91 Å². The minimum absolute atomic E-state index is 0.0275. The smallest absolute Gasteiger partial charge is 0.251 e. The van der Waals surface area contributed by atoms with E-state index in [9.17, 15) is 4.79 Å². The van der Waals surface area contributed by atoms with Gasteiger partial charge in [0.05, 0.1) is 6.61 Å². The lowest BCUT2D eigenvalue weighted by atomic mass is 10.0. The lowest BCUT2D eigenvalue weighted by Crippen LogP contribution is -2.41. The molecule has 1 unspecified atom stereocenters. The van der Waals surface area contributed by atoms with Crippen molar-refractivity contribution in [1.82, 2.24) is 10.2 Å². The number of nitrogens with zero attached hydrogens (tertiary/aromatic N) is 1. The Morgan fingerprint density at radius 3 is 2.74 bits per heavy atom. The van der Waals surface area contributed by atoms with Gasteiger partial charge in [-0.3, -0.25) is 9.69 Å². The van der Waals surface area contributed by atoms with Crippen LogP contribution in [-0.2, 0) is 11.2 Å². The average molecular weight is 318 g/mol. The number of amides is 1. The first kappa shape index (κ1) is 18.0. The predicted octanol–water partition coefficient (Wildman–Crippen LogP) is 2.73. The standard InChI is InChI=1S/C19H30N2O2/c1-15(2)13-16-6-8-17(9-7-16)19(22)20-14-18-5-4-10-21(18)11-12-23-3/h6-9,15,18H,4-5,10-14H2,1-3H3,(H,20,22). The van der Waals surface area contributed by atoms with Crippen LogP contribution in [0.4, 0.5) is 0 Å². The van der Waals surface area contributed by atoms with E-state index < -0.39 is 0 Å². The van der Waals surface area contributed by atoms with Crippen LogP contribution in [0.25, 0.3) is 0 Å². The number of methoxy groups -OCH3 is 1. The van der Waals surface area contributed by atoms with Crippen molar-refractivity contribution in [3.63, 3.8) is 0 Å². The summed E-state index contributed by atoms with van der Waals surface area (Å²) in [5.74, 6) is 0.662. The molecule has 1 N–H and O–H groups in total. The molecule has 0 aromatic heterocycles. The summed E-state index contributed by atoms with van der Waals surface area (Å²) in [6, 6.07) is 8.44. The molecular weight excluding hydrogens is 288 g/mol. The normalized spacial score (nSPS) is 18.5. The van der Waals surface area contributed by atoms with E-state index in [1.165, 1.54) is 12.0 Å². The first-order chi connectivity index (χ1) is 11.1. The van der Waals surface area contributed by atoms with Gasteiger partial charge in [0, 0.05) is 31.8 Å². The number of carbonyl (C=O) groups is 1. The van der Waals surface area contributed by atoms with Crippen molar-refractivity contribution < 1.29 is 9.53 Å². The SMILES string of the molecule is COCCN1CCCC1CNC(=O)c1ccc(CC(C)C)cc1. The van der Waals surface area contributed by atoms with Gasteiger partial charge < -0.3 is 10.1 Å². The Bertz CT molecular complexity index is 485. The molecule has 1 aliphatic heterocycles. The molecule has 0 radical (unpaired) electrons. The third kappa shape index (κ3) is 5.63. The van der Waals surface area contributed by atoms with Crippen molar-refractivity contribution >= 4 is 5.91 Å². The zero-order chi connectivity index (χ0) is 16.7. The van der Waals surface area contributed by atoms with Gasteiger partial charge in [-0.15, -0.1) is 0 Å². The molecule has 1 atom stereocenters. The molecule has 0 aliphatic carbocycles. The van der Waals surface area contributed by atoms with Gasteiger partial charge in [-0.2, -0.15) is 0 Å². The molecule has 1 saturated heterocycles. The molecule has 0 spiro atoms. The first-order valence-corrected chi connectivity index (χ1v) is 8.70. The first-order valence-electron chi connectivity index (χ1n) is 8.70. The van der Waals surface area contributed by atoms with E-state index >= 15 is 0 Å². The van der Waals surface area contributed by atoms with Crippen molar-refractivity contribution in [3.8, 4) is 0 Å². The van der Waals surface area contributed by atoms with E-state index in [4.69, 9.17) is 4.74 Å². The molecule has 128 valence electrons. The molecule has 4 nitrogen and oxygen atoms in total. The summed E-state index contributed by atoms with van der Waals surface area (Å²) < 4.78 is 5.16. The van der Waals surface area contributed by atoms with Crippen LogP contribution in [0.2, 0.25) is 0 Å². The number of carbonyl (C=O) groups excluding carboxylic acids is 1. The maximum absolute atomic E-state index is 12.3. The highest BCUT2D eigenvalue weighted by atomic mass is 16.5. The second kappa shape index (κ2) is 9.04. The van der Waals surface area contributed by atoms with Gasteiger partial charge in [0.1, 0.15) is 0 Å². The summed E-state index contributed by atoms with van der Waals surface area (Å²) in [6.07, 6.45) is 3.41. The Hall–Kier alpha value is -1.39. The number of ether oxygens (including phenoxy) is 1. The average Bonchev–Trinajstić information content (AvgIpc) is 2.98. The lowest BCUT2D eigenvalue weighted by Gasteiger charge is -2.24. The van der Waals surface area contributed by atoms with Gasteiger partial charge in [-0.25, -0.2) is 0 Å². The van der Waals surface area contributed by atoms with Crippen LogP contribution in [0.1, 0.15) is 42.6 Å². The number of hydrogen-bond donors (Lipinski definition) is 1. The van der Waals surface area contributed by atoms with Gasteiger partial charge in [0.2, 0.25) is 0 Å². The molecule has 1 amide bonds. The fourth-order valence-corrected chi connectivity index (χ4v) is 3.21. The fourth-order valence-electron chi connectivity index (χ4n) is 3.21. The van der Waals surface area contributed by atoms with E-state index in [1.54, 1.807) is 7.11 Å². The largest absolute Gasteiger partial charge is 0.383 e. The summed E-state index contributed by atoms with van der Waals surface area (Å²) in [5.41, 5.74) is 2.04. The molecule has 1 aromatic carbocycles. The van der Waals surface area contributed by atoms with E-state index in [0.29, 0.717) is 12.0 Å². The number of hydrogen-bond acceptors (Lipinski definition) is 3. The molecule has 1 heterocycles. The number of rotatable bonds is 8. The molecular formula is C19H30N2O2. The van der Waals surface area contributed by atoms with Crippen molar-refractivity contribution in [2.75, 3.05) is 33.4 Å². The zero-order valence-electron chi connectivity index (χ0n) is 14.7. The maximum atomic E-state index is 12.3. The van der Waals surface area contributed by atoms with Crippen molar-refractivity contribution in [2.45, 2.75) is 39.2 Å². The third-order valence-electron chi connectivity index (χ3n) is 4.44. The highest BCUT2D eigenvalue weighted by Crippen LogP contribution is 2.16. The van der Waals surface area contributed by atoms with Crippen LogP contribution >= 0.6 is 0 Å². The molecule has 4 heteroatoms. The number of benzene rings is 1. The summed E-state index contributed by atoms with van der Waals surface area (Å²) >= 11 is 0. The number of likely N-dealkylation sites (tertiary alicyclic amines) is 1. The molecule has 0 bridgehead atoms. The molecule has 1 aliphatic rings. The summed E-state index contributed by atoms with van der Waals surface area (Å²) in [7, 11) is 1.73. The van der Waals surface area contributed by atoms with Crippen LogP contribution in [0.3, 0.4) is 0 Å². The fraction of sp³-hybridized carbons (Fsp3) is 0.632. The van der Waals surface area contributed by atoms with Crippen LogP contribution in [0, 0.1) is 5.92 Å². The van der Waals surface area contributed by atoms with Gasteiger partial charge in [-0.05, 0) is 49.4 Å². The minimum atomic E-state index is 0.0275. The van der Waals surface area contributed by atoms with Gasteiger partial charge in [-0.1, -0.05) is 26.0 Å². The third-order valence-corrected chi connectivity index (χ3v) is 4.44. The maximum Gasteiger partial charge on any atom is 0.251 e. The Morgan fingerprint density at radius 1 is 1.35 bits per heavy atom. The van der Waals surface area contributed by atoms with E-state index in [2.05, 4.69) is 36.2 Å². The Kier molecular flexibility index (Phi) is 7.06. The zero-order valence-corrected chi connectivity index (χ0v) is 14.7. The second-order valence-electron chi connectivity index (χ2n) is 6.83. The van der Waals surface area contributed by atoms with Crippen molar-refractivity contribution in [2.24, 2.45) is 5.92 Å². The van der Waals surface area contributed by atoms with Crippen LogP contribution < -0.4 is 5.32 Å². The second-order valence-corrected chi connectivity index (χ2v) is 6.83. The molecule has 2 rings (SSSR count). The minimum Gasteiger partial charge on any atom is -0.383 e. The van der Waals surface area contributed by atoms with Crippen LogP contribution in [0.5, 0.6) is 0 Å². The quantitative estimate of drug-likeness (QED) is 0.801. The van der Waals surface area contributed by atoms with Crippen molar-refractivity contribution in [3.05, 3.63) is 35.4 Å². The Morgan fingerprint density at radius 2 is 2.09 bits per heavy atom. The monoisotopic (exact) mass is 318 g/mol. The number of nitrogens with one attached hydrogen (secondary N) is 1.